The minimum Gasteiger partial charge on any atom is -0.449 e. The number of rotatable bonds is 6. The number of nitrogens with zero attached hydrogens (tertiary/aromatic N) is 1. The Bertz CT molecular complexity index is 238. The second-order valence-electron chi connectivity index (χ2n) is 5.18. The fourth-order valence-corrected chi connectivity index (χ4v) is 2.46. The van der Waals surface area contributed by atoms with Gasteiger partial charge in [-0.05, 0) is 45.1 Å². The molecule has 1 aliphatic carbocycles. The van der Waals surface area contributed by atoms with Crippen LogP contribution in [0.5, 0.6) is 0 Å². The molecule has 106 valence electrons. The highest BCUT2D eigenvalue weighted by molar-refractivity contribution is 5.67. The number of hydrogen-bond donors (Lipinski definition) is 1. The summed E-state index contributed by atoms with van der Waals surface area (Å²) < 4.78 is 5.17. The van der Waals surface area contributed by atoms with Crippen LogP contribution in [0, 0.1) is 0 Å². The lowest BCUT2D eigenvalue weighted by molar-refractivity contribution is 0.0864. The van der Waals surface area contributed by atoms with E-state index in [1.54, 1.807) is 4.90 Å². The standard InChI is InChI=1S/C14H28N2O2/c1-4-10-15-12-6-8-13(9-7-12)16(3)14(17)18-11-5-2/h12-13,15H,4-11H2,1-3H3. The van der Waals surface area contributed by atoms with E-state index in [-0.39, 0.29) is 6.09 Å². The molecule has 4 heteroatoms. The molecule has 0 radical (unpaired) electrons. The van der Waals surface area contributed by atoms with Crippen molar-refractivity contribution in [3.8, 4) is 0 Å². The van der Waals surface area contributed by atoms with Gasteiger partial charge in [-0.2, -0.15) is 0 Å². The summed E-state index contributed by atoms with van der Waals surface area (Å²) >= 11 is 0. The van der Waals surface area contributed by atoms with Gasteiger partial charge in [-0.15, -0.1) is 0 Å². The Morgan fingerprint density at radius 3 is 2.44 bits per heavy atom. The molecule has 0 saturated heterocycles. The highest BCUT2D eigenvalue weighted by Gasteiger charge is 2.26. The number of amides is 1. The van der Waals surface area contributed by atoms with Gasteiger partial charge in [-0.1, -0.05) is 13.8 Å². The number of nitrogens with one attached hydrogen (secondary N) is 1. The van der Waals surface area contributed by atoms with Crippen LogP contribution in [0.2, 0.25) is 0 Å². The van der Waals surface area contributed by atoms with Gasteiger partial charge in [-0.3, -0.25) is 0 Å². The van der Waals surface area contributed by atoms with Crippen molar-refractivity contribution in [1.82, 2.24) is 10.2 Å². The zero-order chi connectivity index (χ0) is 13.4. The van der Waals surface area contributed by atoms with E-state index in [1.807, 2.05) is 14.0 Å². The molecule has 0 aromatic carbocycles. The maximum atomic E-state index is 11.7. The molecule has 1 saturated carbocycles. The molecule has 0 aliphatic heterocycles. The van der Waals surface area contributed by atoms with Gasteiger partial charge in [0.15, 0.2) is 0 Å². The van der Waals surface area contributed by atoms with Crippen LogP contribution in [-0.2, 0) is 4.74 Å². The molecular formula is C14H28N2O2. The van der Waals surface area contributed by atoms with Crippen molar-refractivity contribution in [3.63, 3.8) is 0 Å². The first kappa shape index (κ1) is 15.3. The van der Waals surface area contributed by atoms with Crippen LogP contribution in [-0.4, -0.2) is 43.3 Å². The number of carbonyl (C=O) groups is 1. The zero-order valence-electron chi connectivity index (χ0n) is 12.1. The van der Waals surface area contributed by atoms with Gasteiger partial charge in [0.2, 0.25) is 0 Å². The van der Waals surface area contributed by atoms with E-state index in [1.165, 1.54) is 6.42 Å². The van der Waals surface area contributed by atoms with E-state index in [0.717, 1.165) is 38.6 Å². The minimum absolute atomic E-state index is 0.165. The lowest BCUT2D eigenvalue weighted by Gasteiger charge is -2.34. The smallest absolute Gasteiger partial charge is 0.409 e. The third kappa shape index (κ3) is 4.84. The van der Waals surface area contributed by atoms with Crippen LogP contribution in [0.3, 0.4) is 0 Å². The molecule has 0 aromatic rings. The van der Waals surface area contributed by atoms with Gasteiger partial charge in [0.05, 0.1) is 6.61 Å². The van der Waals surface area contributed by atoms with E-state index < -0.39 is 0 Å². The van der Waals surface area contributed by atoms with Crippen molar-refractivity contribution in [2.24, 2.45) is 0 Å². The van der Waals surface area contributed by atoms with E-state index in [9.17, 15) is 4.79 Å². The molecule has 1 amide bonds. The van der Waals surface area contributed by atoms with Crippen LogP contribution in [0.25, 0.3) is 0 Å². The zero-order valence-corrected chi connectivity index (χ0v) is 12.1. The molecule has 18 heavy (non-hydrogen) atoms. The Hall–Kier alpha value is -0.770. The van der Waals surface area contributed by atoms with Gasteiger partial charge in [0, 0.05) is 19.1 Å². The Morgan fingerprint density at radius 2 is 1.89 bits per heavy atom. The lowest BCUT2D eigenvalue weighted by Crippen LogP contribution is -2.43. The molecular weight excluding hydrogens is 228 g/mol. The van der Waals surface area contributed by atoms with Crippen LogP contribution < -0.4 is 5.32 Å². The lowest BCUT2D eigenvalue weighted by atomic mass is 9.90. The Kier molecular flexibility index (Phi) is 7.09. The van der Waals surface area contributed by atoms with Gasteiger partial charge >= 0.3 is 6.09 Å². The number of ether oxygens (including phenoxy) is 1. The van der Waals surface area contributed by atoms with Crippen molar-refractivity contribution in [1.29, 1.82) is 0 Å². The van der Waals surface area contributed by atoms with Crippen LogP contribution in [0.15, 0.2) is 0 Å². The predicted molar refractivity (Wildman–Crippen MR) is 73.7 cm³/mol. The van der Waals surface area contributed by atoms with Gasteiger partial charge in [0.1, 0.15) is 0 Å². The molecule has 0 spiro atoms. The first-order valence-corrected chi connectivity index (χ1v) is 7.32. The Labute approximate surface area is 111 Å². The highest BCUT2D eigenvalue weighted by Crippen LogP contribution is 2.22. The summed E-state index contributed by atoms with van der Waals surface area (Å²) in [6.45, 7) is 5.83. The summed E-state index contributed by atoms with van der Waals surface area (Å²) in [5, 5.41) is 3.56. The van der Waals surface area contributed by atoms with E-state index in [2.05, 4.69) is 12.2 Å². The summed E-state index contributed by atoms with van der Waals surface area (Å²) in [5.74, 6) is 0. The van der Waals surface area contributed by atoms with Crippen LogP contribution in [0.4, 0.5) is 4.79 Å². The fraction of sp³-hybridized carbons (Fsp3) is 0.929. The average molecular weight is 256 g/mol. The summed E-state index contributed by atoms with van der Waals surface area (Å²) in [5.41, 5.74) is 0. The molecule has 4 nitrogen and oxygen atoms in total. The topological polar surface area (TPSA) is 41.6 Å². The van der Waals surface area contributed by atoms with Crippen molar-refractivity contribution in [2.45, 2.75) is 64.5 Å². The van der Waals surface area contributed by atoms with E-state index >= 15 is 0 Å². The van der Waals surface area contributed by atoms with Crippen molar-refractivity contribution >= 4 is 6.09 Å². The maximum absolute atomic E-state index is 11.7. The molecule has 1 fully saturated rings. The SMILES string of the molecule is CCCNC1CCC(N(C)C(=O)OCCC)CC1. The summed E-state index contributed by atoms with van der Waals surface area (Å²) in [6, 6.07) is 0.996. The number of hydrogen-bond acceptors (Lipinski definition) is 3. The molecule has 0 unspecified atom stereocenters. The van der Waals surface area contributed by atoms with E-state index in [0.29, 0.717) is 18.7 Å². The average Bonchev–Trinajstić information content (AvgIpc) is 2.42. The quantitative estimate of drug-likeness (QED) is 0.794. The molecule has 1 rings (SSSR count). The van der Waals surface area contributed by atoms with Crippen LogP contribution in [0.1, 0.15) is 52.4 Å². The van der Waals surface area contributed by atoms with Gasteiger partial charge < -0.3 is 15.0 Å². The van der Waals surface area contributed by atoms with Crippen molar-refractivity contribution in [2.75, 3.05) is 20.2 Å². The van der Waals surface area contributed by atoms with Crippen molar-refractivity contribution in [3.05, 3.63) is 0 Å². The largest absolute Gasteiger partial charge is 0.449 e. The summed E-state index contributed by atoms with van der Waals surface area (Å²) in [4.78, 5) is 13.5. The monoisotopic (exact) mass is 256 g/mol. The summed E-state index contributed by atoms with van der Waals surface area (Å²) in [7, 11) is 1.86. The highest BCUT2D eigenvalue weighted by atomic mass is 16.6. The first-order valence-electron chi connectivity index (χ1n) is 7.32. The minimum atomic E-state index is -0.165. The van der Waals surface area contributed by atoms with Crippen LogP contribution >= 0.6 is 0 Å². The first-order chi connectivity index (χ1) is 8.69. The number of carbonyl (C=O) groups excluding carboxylic acids is 1. The molecule has 0 aromatic heterocycles. The Morgan fingerprint density at radius 1 is 1.22 bits per heavy atom. The van der Waals surface area contributed by atoms with Gasteiger partial charge in [0.25, 0.3) is 0 Å². The summed E-state index contributed by atoms with van der Waals surface area (Å²) in [6.07, 6.45) is 6.39. The second-order valence-corrected chi connectivity index (χ2v) is 5.18. The van der Waals surface area contributed by atoms with Crippen molar-refractivity contribution < 1.29 is 9.53 Å². The van der Waals surface area contributed by atoms with E-state index in [4.69, 9.17) is 4.74 Å². The molecule has 0 heterocycles. The predicted octanol–water partition coefficient (Wildman–Crippen LogP) is 2.78. The third-order valence-electron chi connectivity index (χ3n) is 3.65. The molecule has 0 atom stereocenters. The fourth-order valence-electron chi connectivity index (χ4n) is 2.46. The second kappa shape index (κ2) is 8.35. The van der Waals surface area contributed by atoms with Gasteiger partial charge in [-0.25, -0.2) is 4.79 Å². The third-order valence-corrected chi connectivity index (χ3v) is 3.65. The maximum Gasteiger partial charge on any atom is 0.409 e. The molecule has 0 bridgehead atoms. The Balaban J connectivity index is 2.26. The molecule has 1 aliphatic rings. The molecule has 1 N–H and O–H groups in total. The normalized spacial score (nSPS) is 23.7.